The molecule has 1 atom stereocenters. The predicted octanol–water partition coefficient (Wildman–Crippen LogP) is 3.46. The van der Waals surface area contributed by atoms with Crippen molar-refractivity contribution in [2.75, 3.05) is 7.11 Å². The van der Waals surface area contributed by atoms with Crippen LogP contribution in [0.5, 0.6) is 17.4 Å². The maximum absolute atomic E-state index is 11.4. The Balaban J connectivity index is 1.96. The van der Waals surface area contributed by atoms with Crippen LogP contribution >= 0.6 is 11.6 Å². The number of carboxylic acid groups (broad SMARTS) is 1. The summed E-state index contributed by atoms with van der Waals surface area (Å²) in [7, 11) is 1.39. The van der Waals surface area contributed by atoms with Crippen LogP contribution in [0, 0.1) is 18.3 Å². The molecule has 0 spiro atoms. The Morgan fingerprint density at radius 1 is 1.38 bits per heavy atom. The number of halogens is 1. The molecule has 0 bridgehead atoms. The first-order valence-electron chi connectivity index (χ1n) is 9.34. The number of ether oxygens (including phenoxy) is 2. The highest BCUT2D eigenvalue weighted by Crippen LogP contribution is 2.47. The molecule has 0 amide bonds. The Kier molecular flexibility index (Phi) is 5.16. The van der Waals surface area contributed by atoms with E-state index in [-0.39, 0.29) is 39.4 Å². The van der Waals surface area contributed by atoms with Crippen LogP contribution in [0.1, 0.15) is 33.1 Å². The molecule has 3 aromatic rings. The fourth-order valence-corrected chi connectivity index (χ4v) is 3.93. The van der Waals surface area contributed by atoms with Crippen LogP contribution in [0.15, 0.2) is 47.9 Å². The van der Waals surface area contributed by atoms with Crippen molar-refractivity contribution in [3.63, 3.8) is 0 Å². The summed E-state index contributed by atoms with van der Waals surface area (Å²) in [6, 6.07) is 11.3. The number of hydrogen-bond acceptors (Lipinski definition) is 7. The van der Waals surface area contributed by atoms with Crippen LogP contribution in [0.4, 0.5) is 0 Å². The lowest BCUT2D eigenvalue weighted by Crippen LogP contribution is -2.22. The third-order valence-electron chi connectivity index (χ3n) is 5.17. The highest BCUT2D eigenvalue weighted by Gasteiger charge is 2.37. The minimum atomic E-state index is -1.08. The van der Waals surface area contributed by atoms with Gasteiger partial charge in [0.2, 0.25) is 11.8 Å². The molecule has 0 fully saturated rings. The van der Waals surface area contributed by atoms with Crippen molar-refractivity contribution >= 4 is 17.6 Å². The van der Waals surface area contributed by atoms with Gasteiger partial charge in [0.05, 0.1) is 40.6 Å². The number of aromatic hydroxyl groups is 1. The van der Waals surface area contributed by atoms with Gasteiger partial charge in [-0.3, -0.25) is 0 Å². The lowest BCUT2D eigenvalue weighted by Gasteiger charge is -2.25. The van der Waals surface area contributed by atoms with Crippen molar-refractivity contribution < 1.29 is 24.5 Å². The predicted molar refractivity (Wildman–Crippen MR) is 114 cm³/mol. The second-order valence-electron chi connectivity index (χ2n) is 7.05. The molecule has 1 unspecified atom stereocenters. The van der Waals surface area contributed by atoms with Gasteiger partial charge in [-0.05, 0) is 42.8 Å². The number of fused-ring (bicyclic) bond motifs is 1. The molecule has 4 rings (SSSR count). The quantitative estimate of drug-likeness (QED) is 0.545. The maximum atomic E-state index is 11.4. The molecule has 1 aliphatic rings. The largest absolute Gasteiger partial charge is 0.503 e. The van der Waals surface area contributed by atoms with Crippen molar-refractivity contribution in [1.82, 2.24) is 9.78 Å². The molecule has 2 heterocycles. The number of aryl methyl sites for hydroxylation is 1. The van der Waals surface area contributed by atoms with Gasteiger partial charge in [-0.15, -0.1) is 0 Å². The summed E-state index contributed by atoms with van der Waals surface area (Å²) in [5.74, 6) is -1.75. The van der Waals surface area contributed by atoms with Crippen LogP contribution in [-0.2, 0) is 0 Å². The fraction of sp³-hybridized carbons (Fsp3) is 0.136. The first-order chi connectivity index (χ1) is 15.3. The van der Waals surface area contributed by atoms with Crippen LogP contribution in [0.3, 0.4) is 0 Å². The number of methoxy groups -OCH3 is 1. The summed E-state index contributed by atoms with van der Waals surface area (Å²) >= 11 is 6.19. The summed E-state index contributed by atoms with van der Waals surface area (Å²) in [5, 5.41) is 33.8. The zero-order valence-corrected chi connectivity index (χ0v) is 17.7. The van der Waals surface area contributed by atoms with E-state index < -0.39 is 11.9 Å². The second kappa shape index (κ2) is 7.83. The van der Waals surface area contributed by atoms with Gasteiger partial charge in [-0.25, -0.2) is 9.48 Å². The number of phenols is 1. The second-order valence-corrected chi connectivity index (χ2v) is 7.46. The van der Waals surface area contributed by atoms with E-state index in [0.29, 0.717) is 22.5 Å². The van der Waals surface area contributed by atoms with Crippen LogP contribution in [-0.4, -0.2) is 33.1 Å². The smallest absolute Gasteiger partial charge is 0.335 e. The molecule has 0 saturated heterocycles. The molecular formula is C22H17ClN4O5. The number of allylic oxidation sites excluding steroid dienone is 1. The molecule has 0 saturated carbocycles. The fourth-order valence-electron chi connectivity index (χ4n) is 3.71. The van der Waals surface area contributed by atoms with Gasteiger partial charge in [-0.1, -0.05) is 17.7 Å². The topological polar surface area (TPSA) is 144 Å². The Morgan fingerprint density at radius 3 is 2.78 bits per heavy atom. The number of benzene rings is 2. The van der Waals surface area contributed by atoms with Gasteiger partial charge in [0.1, 0.15) is 11.6 Å². The number of nitrogens with zero attached hydrogens (tertiary/aromatic N) is 3. The van der Waals surface area contributed by atoms with E-state index in [1.807, 2.05) is 0 Å². The minimum absolute atomic E-state index is 0.0439. The highest BCUT2D eigenvalue weighted by atomic mass is 35.5. The number of aromatic nitrogens is 2. The molecule has 2 aromatic carbocycles. The molecule has 9 nitrogen and oxygen atoms in total. The number of nitrogens with two attached hydrogens (primary N) is 1. The Bertz CT molecular complexity index is 1340. The number of phenolic OH excluding ortho intramolecular Hbond substituents is 1. The Labute approximate surface area is 187 Å². The molecule has 10 heteroatoms. The number of hydrogen-bond donors (Lipinski definition) is 3. The summed E-state index contributed by atoms with van der Waals surface area (Å²) in [6.45, 7) is 1.74. The number of rotatable bonds is 4. The summed E-state index contributed by atoms with van der Waals surface area (Å²) in [6.07, 6.45) is 0. The highest BCUT2D eigenvalue weighted by molar-refractivity contribution is 6.32. The van der Waals surface area contributed by atoms with Crippen LogP contribution < -0.4 is 15.2 Å². The lowest BCUT2D eigenvalue weighted by atomic mass is 9.84. The first-order valence-corrected chi connectivity index (χ1v) is 9.71. The van der Waals surface area contributed by atoms with Crippen molar-refractivity contribution in [3.8, 4) is 29.1 Å². The number of aromatic carboxylic acids is 1. The van der Waals surface area contributed by atoms with E-state index >= 15 is 0 Å². The minimum Gasteiger partial charge on any atom is -0.503 e. The van der Waals surface area contributed by atoms with E-state index in [1.54, 1.807) is 25.1 Å². The molecule has 1 aromatic heterocycles. The van der Waals surface area contributed by atoms with Crippen molar-refractivity contribution in [2.45, 2.75) is 12.8 Å². The van der Waals surface area contributed by atoms with E-state index in [9.17, 15) is 20.3 Å². The van der Waals surface area contributed by atoms with Gasteiger partial charge in [-0.2, -0.15) is 10.4 Å². The summed E-state index contributed by atoms with van der Waals surface area (Å²) in [5.41, 5.74) is 8.39. The van der Waals surface area contributed by atoms with Gasteiger partial charge < -0.3 is 25.4 Å². The standard InChI is InChI=1S/C22H17ClN4O5/c1-10-17-18(12-7-15(23)19(28)16(8-12)31-2)14(9-24)20(25)32-21(17)27(26-10)13-5-3-4-11(6-13)22(29)30/h3-8,18,28H,25H2,1-2H3,(H,29,30). The summed E-state index contributed by atoms with van der Waals surface area (Å²) in [4.78, 5) is 11.4. The van der Waals surface area contributed by atoms with E-state index in [1.165, 1.54) is 30.0 Å². The average molecular weight is 453 g/mol. The molecule has 32 heavy (non-hydrogen) atoms. The Hall–Kier alpha value is -4.16. The molecular weight excluding hydrogens is 436 g/mol. The molecule has 0 radical (unpaired) electrons. The third-order valence-corrected chi connectivity index (χ3v) is 5.46. The normalized spacial score (nSPS) is 15.0. The van der Waals surface area contributed by atoms with Crippen molar-refractivity contribution in [3.05, 3.63) is 75.3 Å². The van der Waals surface area contributed by atoms with Gasteiger partial charge in [0.25, 0.3) is 0 Å². The van der Waals surface area contributed by atoms with E-state index in [2.05, 4.69) is 11.2 Å². The number of carboxylic acids is 1. The summed E-state index contributed by atoms with van der Waals surface area (Å²) < 4.78 is 12.4. The third kappa shape index (κ3) is 3.27. The van der Waals surface area contributed by atoms with Crippen molar-refractivity contribution in [2.24, 2.45) is 5.73 Å². The number of carbonyl (C=O) groups is 1. The first kappa shape index (κ1) is 21.1. The maximum Gasteiger partial charge on any atom is 0.335 e. The van der Waals surface area contributed by atoms with Crippen LogP contribution in [0.2, 0.25) is 5.02 Å². The molecule has 162 valence electrons. The zero-order chi connectivity index (χ0) is 23.2. The average Bonchev–Trinajstić information content (AvgIpc) is 3.10. The van der Waals surface area contributed by atoms with Crippen LogP contribution in [0.25, 0.3) is 5.69 Å². The zero-order valence-electron chi connectivity index (χ0n) is 17.0. The molecule has 1 aliphatic heterocycles. The SMILES string of the molecule is COc1cc(C2C(C#N)=C(N)Oc3c2c(C)nn3-c2cccc(C(=O)O)c2)cc(Cl)c1O. The van der Waals surface area contributed by atoms with E-state index in [0.717, 1.165) is 0 Å². The Morgan fingerprint density at radius 2 is 2.12 bits per heavy atom. The lowest BCUT2D eigenvalue weighted by molar-refractivity contribution is 0.0697. The molecule has 0 aliphatic carbocycles. The van der Waals surface area contributed by atoms with E-state index in [4.69, 9.17) is 26.8 Å². The van der Waals surface area contributed by atoms with Gasteiger partial charge in [0, 0.05) is 0 Å². The molecule has 4 N–H and O–H groups in total. The van der Waals surface area contributed by atoms with Gasteiger partial charge >= 0.3 is 5.97 Å². The number of nitriles is 1. The monoisotopic (exact) mass is 452 g/mol. The van der Waals surface area contributed by atoms with Gasteiger partial charge in [0.15, 0.2) is 11.5 Å². The van der Waals surface area contributed by atoms with Crippen molar-refractivity contribution in [1.29, 1.82) is 5.26 Å².